The average molecular weight is 400 g/mol. The van der Waals surface area contributed by atoms with Gasteiger partial charge in [0.15, 0.2) is 17.3 Å². The third-order valence-electron chi connectivity index (χ3n) is 3.99. The minimum Gasteiger partial charge on any atom is -0.497 e. The first-order valence-corrected chi connectivity index (χ1v) is 8.68. The Hall–Kier alpha value is -3.33. The molecule has 8 nitrogen and oxygen atoms in total. The number of aromatic nitrogens is 3. The lowest BCUT2D eigenvalue weighted by molar-refractivity contribution is 0.324. The highest BCUT2D eigenvalue weighted by Crippen LogP contribution is 2.37. The molecule has 0 aliphatic carbocycles. The quantitative estimate of drug-likeness (QED) is 0.483. The van der Waals surface area contributed by atoms with E-state index in [4.69, 9.17) is 31.2 Å². The van der Waals surface area contributed by atoms with E-state index in [1.165, 1.54) is 4.68 Å². The molecule has 28 heavy (non-hydrogen) atoms. The lowest BCUT2D eigenvalue weighted by Gasteiger charge is -2.12. The summed E-state index contributed by atoms with van der Waals surface area (Å²) in [6.07, 6.45) is 1.64. The maximum absolute atomic E-state index is 5.37. The summed E-state index contributed by atoms with van der Waals surface area (Å²) in [4.78, 5) is 0. The summed E-state index contributed by atoms with van der Waals surface area (Å²) in [5.74, 6) is 2.86. The second-order valence-corrected chi connectivity index (χ2v) is 5.99. The molecule has 0 aliphatic rings. The second kappa shape index (κ2) is 8.57. The number of H-pyrrole nitrogens is 1. The van der Waals surface area contributed by atoms with Crippen LogP contribution in [0.15, 0.2) is 41.5 Å². The summed E-state index contributed by atoms with van der Waals surface area (Å²) < 4.78 is 23.3. The van der Waals surface area contributed by atoms with Crippen molar-refractivity contribution in [3.8, 4) is 34.4 Å². The standard InChI is InChI=1S/C19H20N4O4S/c1-24-14-7-5-6-13(10-14)18-21-22-19(28)23(18)20-11-12-8-15(25-2)17(27-4)16(9-12)26-3/h5-11H,1-4H3,(H,22,28). The largest absolute Gasteiger partial charge is 0.497 e. The first-order chi connectivity index (χ1) is 13.6. The fourth-order valence-electron chi connectivity index (χ4n) is 2.65. The summed E-state index contributed by atoms with van der Waals surface area (Å²) in [5.41, 5.74) is 1.56. The molecule has 1 heterocycles. The van der Waals surface area contributed by atoms with Crippen LogP contribution in [0.1, 0.15) is 5.56 Å². The van der Waals surface area contributed by atoms with Gasteiger partial charge in [0, 0.05) is 11.1 Å². The number of ether oxygens (including phenoxy) is 4. The minimum atomic E-state index is 0.363. The molecule has 0 spiro atoms. The van der Waals surface area contributed by atoms with Crippen molar-refractivity contribution >= 4 is 18.4 Å². The van der Waals surface area contributed by atoms with Crippen molar-refractivity contribution in [2.24, 2.45) is 5.10 Å². The van der Waals surface area contributed by atoms with Crippen molar-refractivity contribution in [3.63, 3.8) is 0 Å². The van der Waals surface area contributed by atoms with Crippen molar-refractivity contribution < 1.29 is 18.9 Å². The van der Waals surface area contributed by atoms with E-state index in [0.717, 1.165) is 11.1 Å². The SMILES string of the molecule is COc1cccc(-c2n[nH]c(=S)n2N=Cc2cc(OC)c(OC)c(OC)c2)c1. The molecule has 1 N–H and O–H groups in total. The van der Waals surface area contributed by atoms with Crippen LogP contribution in [0.5, 0.6) is 23.0 Å². The molecular weight excluding hydrogens is 380 g/mol. The van der Waals surface area contributed by atoms with Crippen molar-refractivity contribution in [1.29, 1.82) is 0 Å². The van der Waals surface area contributed by atoms with Gasteiger partial charge in [0.1, 0.15) is 5.75 Å². The Morgan fingerprint density at radius 1 is 1.00 bits per heavy atom. The number of hydrogen-bond acceptors (Lipinski definition) is 7. The first kappa shape index (κ1) is 19.4. The number of nitrogens with one attached hydrogen (secondary N) is 1. The van der Waals surface area contributed by atoms with Crippen LogP contribution in [-0.4, -0.2) is 49.5 Å². The summed E-state index contributed by atoms with van der Waals surface area (Å²) in [5, 5.41) is 11.5. The number of rotatable bonds is 7. The Kier molecular flexibility index (Phi) is 5.95. The fourth-order valence-corrected chi connectivity index (χ4v) is 2.83. The molecule has 0 radical (unpaired) electrons. The highest BCUT2D eigenvalue weighted by Gasteiger charge is 2.13. The number of hydrogen-bond donors (Lipinski definition) is 1. The van der Waals surface area contributed by atoms with Crippen molar-refractivity contribution in [2.75, 3.05) is 28.4 Å². The van der Waals surface area contributed by atoms with Crippen LogP contribution in [0.2, 0.25) is 0 Å². The predicted molar refractivity (Wildman–Crippen MR) is 108 cm³/mol. The third kappa shape index (κ3) is 3.84. The highest BCUT2D eigenvalue weighted by molar-refractivity contribution is 7.71. The van der Waals surface area contributed by atoms with Crippen LogP contribution in [-0.2, 0) is 0 Å². The fraction of sp³-hybridized carbons (Fsp3) is 0.211. The molecule has 0 atom stereocenters. The zero-order valence-electron chi connectivity index (χ0n) is 15.9. The van der Waals surface area contributed by atoms with Gasteiger partial charge in [0.2, 0.25) is 10.5 Å². The Morgan fingerprint density at radius 2 is 1.71 bits per heavy atom. The van der Waals surface area contributed by atoms with E-state index in [1.807, 2.05) is 24.3 Å². The van der Waals surface area contributed by atoms with Gasteiger partial charge in [-0.1, -0.05) is 12.1 Å². The van der Waals surface area contributed by atoms with E-state index >= 15 is 0 Å². The van der Waals surface area contributed by atoms with E-state index in [-0.39, 0.29) is 0 Å². The van der Waals surface area contributed by atoms with Crippen LogP contribution in [0.3, 0.4) is 0 Å². The number of methoxy groups -OCH3 is 4. The van der Waals surface area contributed by atoms with E-state index in [2.05, 4.69) is 15.3 Å². The number of aromatic amines is 1. The van der Waals surface area contributed by atoms with Gasteiger partial charge in [-0.3, -0.25) is 0 Å². The van der Waals surface area contributed by atoms with Gasteiger partial charge in [-0.05, 0) is 36.5 Å². The molecule has 0 unspecified atom stereocenters. The van der Waals surface area contributed by atoms with Gasteiger partial charge >= 0.3 is 0 Å². The van der Waals surface area contributed by atoms with Crippen molar-refractivity contribution in [2.45, 2.75) is 0 Å². The van der Waals surface area contributed by atoms with Gasteiger partial charge < -0.3 is 18.9 Å². The average Bonchev–Trinajstić information content (AvgIpc) is 3.11. The Labute approximate surface area is 167 Å². The molecule has 0 bridgehead atoms. The van der Waals surface area contributed by atoms with Gasteiger partial charge in [0.25, 0.3) is 0 Å². The van der Waals surface area contributed by atoms with Gasteiger partial charge in [-0.25, -0.2) is 5.10 Å². The van der Waals surface area contributed by atoms with Crippen LogP contribution < -0.4 is 18.9 Å². The van der Waals surface area contributed by atoms with Crippen LogP contribution in [0.4, 0.5) is 0 Å². The lowest BCUT2D eigenvalue weighted by atomic mass is 10.2. The molecular formula is C19H20N4O4S. The van der Waals surface area contributed by atoms with E-state index in [0.29, 0.717) is 33.6 Å². The van der Waals surface area contributed by atoms with E-state index in [1.54, 1.807) is 46.8 Å². The van der Waals surface area contributed by atoms with Crippen LogP contribution in [0, 0.1) is 4.77 Å². The predicted octanol–water partition coefficient (Wildman–Crippen LogP) is 3.52. The molecule has 3 rings (SSSR count). The zero-order chi connectivity index (χ0) is 20.1. The molecule has 146 valence electrons. The molecule has 0 amide bonds. The zero-order valence-corrected chi connectivity index (χ0v) is 16.7. The maximum Gasteiger partial charge on any atom is 0.216 e. The Balaban J connectivity index is 2.02. The van der Waals surface area contributed by atoms with Crippen LogP contribution >= 0.6 is 12.2 Å². The van der Waals surface area contributed by atoms with Crippen LogP contribution in [0.25, 0.3) is 11.4 Å². The van der Waals surface area contributed by atoms with Gasteiger partial charge in [-0.15, -0.1) is 0 Å². The molecule has 0 saturated carbocycles. The Bertz CT molecular complexity index is 1030. The third-order valence-corrected chi connectivity index (χ3v) is 4.25. The molecule has 0 aliphatic heterocycles. The van der Waals surface area contributed by atoms with Crippen molar-refractivity contribution in [1.82, 2.24) is 14.9 Å². The molecule has 3 aromatic rings. The summed E-state index contributed by atoms with van der Waals surface area (Å²) in [7, 11) is 6.29. The van der Waals surface area contributed by atoms with Crippen molar-refractivity contribution in [3.05, 3.63) is 46.7 Å². The number of nitrogens with zero attached hydrogens (tertiary/aromatic N) is 3. The second-order valence-electron chi connectivity index (χ2n) is 5.60. The molecule has 9 heteroatoms. The minimum absolute atomic E-state index is 0.363. The van der Waals surface area contributed by atoms with E-state index in [9.17, 15) is 0 Å². The maximum atomic E-state index is 5.37. The monoisotopic (exact) mass is 400 g/mol. The van der Waals surface area contributed by atoms with E-state index < -0.39 is 0 Å². The summed E-state index contributed by atoms with van der Waals surface area (Å²) in [6, 6.07) is 11.1. The van der Waals surface area contributed by atoms with Gasteiger partial charge in [0.05, 0.1) is 34.7 Å². The summed E-state index contributed by atoms with van der Waals surface area (Å²) in [6.45, 7) is 0. The Morgan fingerprint density at radius 3 is 2.32 bits per heavy atom. The first-order valence-electron chi connectivity index (χ1n) is 8.27. The smallest absolute Gasteiger partial charge is 0.216 e. The lowest BCUT2D eigenvalue weighted by Crippen LogP contribution is -1.98. The molecule has 0 saturated heterocycles. The molecule has 1 aromatic heterocycles. The topological polar surface area (TPSA) is 82.9 Å². The molecule has 0 fully saturated rings. The molecule has 2 aromatic carbocycles. The summed E-state index contributed by atoms with van der Waals surface area (Å²) >= 11 is 5.32. The highest BCUT2D eigenvalue weighted by atomic mass is 32.1. The van der Waals surface area contributed by atoms with Gasteiger partial charge in [-0.2, -0.15) is 14.9 Å². The normalized spacial score (nSPS) is 10.9. The number of benzene rings is 2.